The Labute approximate surface area is 349 Å². The summed E-state index contributed by atoms with van der Waals surface area (Å²) >= 11 is 0. The molecule has 0 aliphatic rings. The van der Waals surface area contributed by atoms with Crippen LogP contribution in [0.25, 0.3) is 79.2 Å². The minimum atomic E-state index is 0. The summed E-state index contributed by atoms with van der Waals surface area (Å²) in [6.07, 6.45) is 10.6. The van der Waals surface area contributed by atoms with Gasteiger partial charge in [0.1, 0.15) is 23.4 Å². The molecular formula is C48H32N8OPt. The van der Waals surface area contributed by atoms with Gasteiger partial charge in [-0.25, -0.2) is 9.97 Å². The van der Waals surface area contributed by atoms with Crippen molar-refractivity contribution < 1.29 is 25.8 Å². The molecule has 10 aromatic rings. The summed E-state index contributed by atoms with van der Waals surface area (Å²) in [5.74, 6) is 2.53. The monoisotopic (exact) mass is 931 g/mol. The average molecular weight is 932 g/mol. The van der Waals surface area contributed by atoms with Crippen LogP contribution in [-0.4, -0.2) is 29.1 Å². The molecule has 0 radical (unpaired) electrons. The van der Waals surface area contributed by atoms with Gasteiger partial charge in [0.15, 0.2) is 0 Å². The van der Waals surface area contributed by atoms with Crippen LogP contribution in [0.1, 0.15) is 0 Å². The van der Waals surface area contributed by atoms with Gasteiger partial charge in [-0.2, -0.15) is 0 Å². The van der Waals surface area contributed by atoms with E-state index in [1.165, 1.54) is 0 Å². The van der Waals surface area contributed by atoms with Gasteiger partial charge in [-0.3, -0.25) is 9.13 Å². The Hall–Kier alpha value is -7.35. The third-order valence-electron chi connectivity index (χ3n) is 9.81. The first-order valence-electron chi connectivity index (χ1n) is 18.5. The number of nitrogens with zero attached hydrogens (tertiary/aromatic N) is 8. The Morgan fingerprint density at radius 2 is 0.707 bits per heavy atom. The number of imidazole rings is 4. The summed E-state index contributed by atoms with van der Waals surface area (Å²) < 4.78 is 10.3. The zero-order valence-electron chi connectivity index (χ0n) is 30.8. The standard InChI is InChI=1S/C48H32N8O.Pt/c1-5-15-33(16-6-1)37-23-13-24-38(34-17-7-2-8-18-34)43(37)55-29-27-49-47(55)45-51-31-41(53-45)57-42-32-52-46(54-42)48-50-28-30-56(48)44-39(35-19-9-3-10-20-35)25-14-26-40(44)36-21-11-4-12-22-36;/h1-32H;/q-2;+2. The first kappa shape index (κ1) is 36.3. The summed E-state index contributed by atoms with van der Waals surface area (Å²) in [6.45, 7) is 0. The van der Waals surface area contributed by atoms with Crippen LogP contribution < -0.4 is 14.7 Å². The third kappa shape index (κ3) is 6.89. The van der Waals surface area contributed by atoms with Crippen LogP contribution in [-0.2, 0) is 21.1 Å². The van der Waals surface area contributed by atoms with Gasteiger partial charge in [-0.05, 0) is 46.3 Å². The summed E-state index contributed by atoms with van der Waals surface area (Å²) in [4.78, 5) is 28.3. The molecule has 0 unspecified atom stereocenters. The van der Waals surface area contributed by atoms with Crippen LogP contribution in [0.5, 0.6) is 11.8 Å². The molecule has 10 rings (SSSR count). The summed E-state index contributed by atoms with van der Waals surface area (Å²) in [5.41, 5.74) is 10.5. The van der Waals surface area contributed by atoms with Gasteiger partial charge in [0.25, 0.3) is 0 Å². The maximum atomic E-state index is 6.18. The molecule has 0 fully saturated rings. The van der Waals surface area contributed by atoms with Crippen molar-refractivity contribution in [3.63, 3.8) is 0 Å². The predicted molar refractivity (Wildman–Crippen MR) is 222 cm³/mol. The number of para-hydroxylation sites is 2. The van der Waals surface area contributed by atoms with Gasteiger partial charge in [0.05, 0.1) is 11.4 Å². The molecule has 6 aromatic carbocycles. The number of hydrogen-bond donors (Lipinski definition) is 0. The molecule has 0 amide bonds. The van der Waals surface area contributed by atoms with Crippen LogP contribution in [0, 0.1) is 0 Å². The Morgan fingerprint density at radius 1 is 0.379 bits per heavy atom. The molecule has 280 valence electrons. The van der Waals surface area contributed by atoms with Gasteiger partial charge in [0, 0.05) is 47.0 Å². The molecule has 0 atom stereocenters. The van der Waals surface area contributed by atoms with Crippen molar-refractivity contribution in [2.45, 2.75) is 0 Å². The van der Waals surface area contributed by atoms with Crippen molar-refractivity contribution in [1.29, 1.82) is 0 Å². The molecule has 9 nitrogen and oxygen atoms in total. The van der Waals surface area contributed by atoms with Crippen molar-refractivity contribution in [3.05, 3.63) is 195 Å². The number of benzene rings is 6. The topological polar surface area (TPSA) is 98.8 Å². The largest absolute Gasteiger partial charge is 2.00 e. The molecule has 4 aromatic heterocycles. The number of aromatic nitrogens is 8. The molecule has 58 heavy (non-hydrogen) atoms. The van der Waals surface area contributed by atoms with Crippen LogP contribution in [0.2, 0.25) is 0 Å². The van der Waals surface area contributed by atoms with Crippen molar-refractivity contribution in [1.82, 2.24) is 39.0 Å². The second-order valence-electron chi connectivity index (χ2n) is 13.3. The molecular weight excluding hydrogens is 900 g/mol. The zero-order chi connectivity index (χ0) is 38.0. The van der Waals surface area contributed by atoms with Crippen molar-refractivity contribution in [3.8, 4) is 90.9 Å². The molecule has 10 heteroatoms. The predicted octanol–water partition coefficient (Wildman–Crippen LogP) is 10.6. The Balaban J connectivity index is 0.00000436. The smallest absolute Gasteiger partial charge is 0.465 e. The maximum absolute atomic E-state index is 6.18. The van der Waals surface area contributed by atoms with Crippen molar-refractivity contribution >= 4 is 0 Å². The van der Waals surface area contributed by atoms with E-state index in [1.807, 2.05) is 94.3 Å². The van der Waals surface area contributed by atoms with E-state index in [-0.39, 0.29) is 32.8 Å². The SMILES string of the molecule is [Pt+2].c1ccc(-c2cccc(-c3ccccc3)c2-n2ccnc2-c2ncc(Oc3cnc(-c4nccn4-c4c(-c5ccccc5)cccc4-c4ccccc4)[n-]3)[n-]2)cc1. The van der Waals surface area contributed by atoms with Crippen LogP contribution >= 0.6 is 0 Å². The summed E-state index contributed by atoms with van der Waals surface area (Å²) in [5, 5.41) is 0. The minimum Gasteiger partial charge on any atom is -0.465 e. The van der Waals surface area contributed by atoms with E-state index in [2.05, 4.69) is 94.9 Å². The van der Waals surface area contributed by atoms with Crippen LogP contribution in [0.3, 0.4) is 0 Å². The second-order valence-corrected chi connectivity index (χ2v) is 13.3. The van der Waals surface area contributed by atoms with Gasteiger partial charge < -0.3 is 24.7 Å². The summed E-state index contributed by atoms with van der Waals surface area (Å²) in [6, 6.07) is 54.0. The first-order valence-corrected chi connectivity index (χ1v) is 18.5. The minimum absolute atomic E-state index is 0. The first-order chi connectivity index (χ1) is 28.3. The van der Waals surface area contributed by atoms with Crippen molar-refractivity contribution in [2.24, 2.45) is 0 Å². The number of hydrogen-bond acceptors (Lipinski definition) is 5. The number of rotatable bonds is 10. The second kappa shape index (κ2) is 16.0. The fraction of sp³-hybridized carbons (Fsp3) is 0. The number of ether oxygens (including phenoxy) is 1. The quantitative estimate of drug-likeness (QED) is 0.135. The van der Waals surface area contributed by atoms with Crippen molar-refractivity contribution in [2.75, 3.05) is 0 Å². The van der Waals surface area contributed by atoms with E-state index in [9.17, 15) is 0 Å². The van der Waals surface area contributed by atoms with E-state index < -0.39 is 0 Å². The Kier molecular flexibility index (Phi) is 10.0. The van der Waals surface area contributed by atoms with E-state index in [1.54, 1.807) is 24.8 Å². The molecule has 4 heterocycles. The average Bonchev–Trinajstić information content (AvgIpc) is 4.13. The molecule has 0 saturated carbocycles. The van der Waals surface area contributed by atoms with Gasteiger partial charge >= 0.3 is 21.1 Å². The Morgan fingerprint density at radius 3 is 1.03 bits per heavy atom. The molecule has 0 saturated heterocycles. The van der Waals surface area contributed by atoms with Gasteiger partial charge in [0.2, 0.25) is 0 Å². The van der Waals surface area contributed by atoms with Gasteiger partial charge in [-0.15, -0.1) is 0 Å². The molecule has 0 bridgehead atoms. The van der Waals surface area contributed by atoms with E-state index in [0.29, 0.717) is 23.3 Å². The van der Waals surface area contributed by atoms with Crippen LogP contribution in [0.4, 0.5) is 0 Å². The summed E-state index contributed by atoms with van der Waals surface area (Å²) in [7, 11) is 0. The molecule has 0 N–H and O–H groups in total. The normalized spacial score (nSPS) is 11.0. The molecule has 0 aliphatic heterocycles. The van der Waals surface area contributed by atoms with E-state index in [4.69, 9.17) is 24.7 Å². The molecule has 0 aliphatic carbocycles. The van der Waals surface area contributed by atoms with Gasteiger partial charge in [-0.1, -0.05) is 158 Å². The molecule has 0 spiro atoms. The fourth-order valence-electron chi connectivity index (χ4n) is 7.29. The third-order valence-corrected chi connectivity index (χ3v) is 9.81. The zero-order valence-corrected chi connectivity index (χ0v) is 33.0. The fourth-order valence-corrected chi connectivity index (χ4v) is 7.29. The Bertz CT molecular complexity index is 2620. The van der Waals surface area contributed by atoms with Crippen LogP contribution in [0.15, 0.2) is 195 Å². The van der Waals surface area contributed by atoms with E-state index in [0.717, 1.165) is 55.9 Å². The van der Waals surface area contributed by atoms with E-state index >= 15 is 0 Å². The maximum Gasteiger partial charge on any atom is 2.00 e.